The van der Waals surface area contributed by atoms with Gasteiger partial charge in [0.1, 0.15) is 18.1 Å². The number of H-pyrrole nitrogens is 1. The molecule has 11 nitrogen and oxygen atoms in total. The lowest BCUT2D eigenvalue weighted by atomic mass is 9.98. The fourth-order valence-corrected chi connectivity index (χ4v) is 4.37. The van der Waals surface area contributed by atoms with Gasteiger partial charge in [-0.25, -0.2) is 4.79 Å². The number of rotatable bonds is 14. The Kier molecular flexibility index (Phi) is 10.8. The van der Waals surface area contributed by atoms with E-state index in [9.17, 15) is 29.4 Å². The standard InChI is InChI=1S/C29H37N5O6/c1-3-17(2)25(29(39)40)34-27(37)23(14-19-15-31-22-12-8-7-11-20(19)22)32-28(38)24(16-35)33-26(36)21(30)13-18-9-5-4-6-10-18/h4-12,15,17,21,23-25,31,35H,3,13-14,16,30H2,1-2H3,(H,32,38)(H,33,36)(H,34,37)(H,39,40). The lowest BCUT2D eigenvalue weighted by Crippen LogP contribution is -2.59. The molecule has 0 fully saturated rings. The number of fused-ring (bicyclic) bond motifs is 1. The highest BCUT2D eigenvalue weighted by Crippen LogP contribution is 2.19. The zero-order valence-corrected chi connectivity index (χ0v) is 22.6. The summed E-state index contributed by atoms with van der Waals surface area (Å²) >= 11 is 0. The predicted molar refractivity (Wildman–Crippen MR) is 150 cm³/mol. The topological polar surface area (TPSA) is 187 Å². The van der Waals surface area contributed by atoms with E-state index in [1.54, 1.807) is 13.1 Å². The third kappa shape index (κ3) is 7.90. The summed E-state index contributed by atoms with van der Waals surface area (Å²) in [5.74, 6) is -3.69. The van der Waals surface area contributed by atoms with Crippen LogP contribution in [0.15, 0.2) is 60.8 Å². The van der Waals surface area contributed by atoms with Crippen LogP contribution in [0.25, 0.3) is 10.9 Å². The molecule has 5 unspecified atom stereocenters. The summed E-state index contributed by atoms with van der Waals surface area (Å²) in [6, 6.07) is 11.8. The average Bonchev–Trinajstić information content (AvgIpc) is 3.36. The molecule has 0 spiro atoms. The number of carboxylic acid groups (broad SMARTS) is 1. The predicted octanol–water partition coefficient (Wildman–Crippen LogP) is 0.858. The molecular weight excluding hydrogens is 514 g/mol. The number of nitrogens with two attached hydrogens (primary N) is 1. The molecule has 3 aromatic rings. The summed E-state index contributed by atoms with van der Waals surface area (Å²) < 4.78 is 0. The molecule has 214 valence electrons. The van der Waals surface area contributed by atoms with Crippen LogP contribution in [0.4, 0.5) is 0 Å². The van der Waals surface area contributed by atoms with Gasteiger partial charge in [-0.15, -0.1) is 0 Å². The largest absolute Gasteiger partial charge is 0.480 e. The normalized spacial score (nSPS) is 14.9. The lowest BCUT2D eigenvalue weighted by molar-refractivity contribution is -0.143. The fourth-order valence-electron chi connectivity index (χ4n) is 4.37. The van der Waals surface area contributed by atoms with Crippen LogP contribution in [0.1, 0.15) is 31.4 Å². The van der Waals surface area contributed by atoms with Crippen molar-refractivity contribution in [2.75, 3.05) is 6.61 Å². The minimum atomic E-state index is -1.38. The monoisotopic (exact) mass is 551 g/mol. The highest BCUT2D eigenvalue weighted by atomic mass is 16.4. The van der Waals surface area contributed by atoms with Crippen molar-refractivity contribution < 1.29 is 29.4 Å². The zero-order chi connectivity index (χ0) is 29.2. The SMILES string of the molecule is CCC(C)C(NC(=O)C(Cc1c[nH]c2ccccc12)NC(=O)C(CO)NC(=O)C(N)Cc1ccccc1)C(=O)O. The van der Waals surface area contributed by atoms with Crippen molar-refractivity contribution in [1.29, 1.82) is 0 Å². The summed E-state index contributed by atoms with van der Waals surface area (Å²) in [4.78, 5) is 54.2. The third-order valence-electron chi connectivity index (χ3n) is 6.96. The summed E-state index contributed by atoms with van der Waals surface area (Å²) in [6.45, 7) is 2.79. The molecule has 3 amide bonds. The molecule has 0 saturated carbocycles. The van der Waals surface area contributed by atoms with Gasteiger partial charge in [-0.1, -0.05) is 68.8 Å². The first kappa shape index (κ1) is 30.3. The second-order valence-corrected chi connectivity index (χ2v) is 9.87. The van der Waals surface area contributed by atoms with E-state index in [2.05, 4.69) is 20.9 Å². The molecule has 0 aliphatic rings. The van der Waals surface area contributed by atoms with Gasteiger partial charge in [-0.05, 0) is 29.5 Å². The number of amides is 3. The van der Waals surface area contributed by atoms with Crippen molar-refractivity contribution in [3.8, 4) is 0 Å². The molecule has 3 rings (SSSR count). The van der Waals surface area contributed by atoms with Crippen molar-refractivity contribution >= 4 is 34.6 Å². The molecule has 1 heterocycles. The smallest absolute Gasteiger partial charge is 0.326 e. The second kappa shape index (κ2) is 14.2. The van der Waals surface area contributed by atoms with E-state index in [1.165, 1.54) is 0 Å². The maximum atomic E-state index is 13.4. The first-order valence-corrected chi connectivity index (χ1v) is 13.2. The van der Waals surface area contributed by atoms with Crippen LogP contribution >= 0.6 is 0 Å². The Morgan fingerprint density at radius 3 is 2.15 bits per heavy atom. The van der Waals surface area contributed by atoms with Crippen molar-refractivity contribution in [1.82, 2.24) is 20.9 Å². The Labute approximate surface area is 232 Å². The Hall–Kier alpha value is -4.22. The van der Waals surface area contributed by atoms with Crippen LogP contribution in [0, 0.1) is 5.92 Å². The summed E-state index contributed by atoms with van der Waals surface area (Å²) in [5, 5.41) is 28.0. The van der Waals surface area contributed by atoms with Gasteiger partial charge in [0.25, 0.3) is 0 Å². The number of carbonyl (C=O) groups is 4. The fraction of sp³-hybridized carbons (Fsp3) is 0.379. The molecule has 0 bridgehead atoms. The average molecular weight is 552 g/mol. The molecule has 0 radical (unpaired) electrons. The maximum absolute atomic E-state index is 13.4. The van der Waals surface area contributed by atoms with Gasteiger partial charge in [0.05, 0.1) is 12.6 Å². The Bertz CT molecular complexity index is 1310. The summed E-state index contributed by atoms with van der Waals surface area (Å²) in [5.41, 5.74) is 8.41. The molecule has 0 aliphatic heterocycles. The van der Waals surface area contributed by atoms with E-state index >= 15 is 0 Å². The van der Waals surface area contributed by atoms with Crippen molar-refractivity contribution in [2.45, 2.75) is 57.3 Å². The van der Waals surface area contributed by atoms with E-state index in [0.29, 0.717) is 6.42 Å². The van der Waals surface area contributed by atoms with E-state index in [-0.39, 0.29) is 18.8 Å². The van der Waals surface area contributed by atoms with Gasteiger partial charge >= 0.3 is 5.97 Å². The summed E-state index contributed by atoms with van der Waals surface area (Å²) in [7, 11) is 0. The van der Waals surface area contributed by atoms with Crippen molar-refractivity contribution in [2.24, 2.45) is 11.7 Å². The van der Waals surface area contributed by atoms with Gasteiger partial charge in [-0.2, -0.15) is 0 Å². The first-order chi connectivity index (χ1) is 19.1. The number of aliphatic hydroxyl groups excluding tert-OH is 1. The molecule has 5 atom stereocenters. The molecule has 40 heavy (non-hydrogen) atoms. The molecule has 0 saturated heterocycles. The summed E-state index contributed by atoms with van der Waals surface area (Å²) in [6.07, 6.45) is 2.49. The van der Waals surface area contributed by atoms with Gasteiger partial charge in [0.2, 0.25) is 17.7 Å². The highest BCUT2D eigenvalue weighted by Gasteiger charge is 2.32. The van der Waals surface area contributed by atoms with E-state index in [4.69, 9.17) is 5.73 Å². The van der Waals surface area contributed by atoms with E-state index in [1.807, 2.05) is 61.5 Å². The second-order valence-electron chi connectivity index (χ2n) is 9.87. The number of aromatic amines is 1. The molecular formula is C29H37N5O6. The van der Waals surface area contributed by atoms with Crippen LogP contribution in [-0.2, 0) is 32.0 Å². The molecule has 2 aromatic carbocycles. The van der Waals surface area contributed by atoms with E-state index < -0.39 is 54.5 Å². The highest BCUT2D eigenvalue weighted by molar-refractivity contribution is 5.95. The van der Waals surface area contributed by atoms with Crippen molar-refractivity contribution in [3.05, 3.63) is 71.9 Å². The first-order valence-electron chi connectivity index (χ1n) is 13.2. The minimum Gasteiger partial charge on any atom is -0.480 e. The molecule has 8 N–H and O–H groups in total. The van der Waals surface area contributed by atoms with Crippen LogP contribution in [0.5, 0.6) is 0 Å². The number of nitrogens with one attached hydrogen (secondary N) is 4. The maximum Gasteiger partial charge on any atom is 0.326 e. The van der Waals surface area contributed by atoms with Crippen molar-refractivity contribution in [3.63, 3.8) is 0 Å². The lowest BCUT2D eigenvalue weighted by Gasteiger charge is -2.26. The van der Waals surface area contributed by atoms with Crippen LogP contribution in [-0.4, -0.2) is 69.7 Å². The number of aliphatic carboxylic acids is 1. The Balaban J connectivity index is 1.77. The number of carbonyl (C=O) groups excluding carboxylic acids is 3. The quantitative estimate of drug-likeness (QED) is 0.155. The number of carboxylic acids is 1. The number of aromatic nitrogens is 1. The number of aliphatic hydroxyl groups is 1. The number of hydrogen-bond acceptors (Lipinski definition) is 6. The van der Waals surface area contributed by atoms with Gasteiger partial charge < -0.3 is 36.9 Å². The Morgan fingerprint density at radius 1 is 0.875 bits per heavy atom. The number of hydrogen-bond donors (Lipinski definition) is 7. The molecule has 1 aromatic heterocycles. The van der Waals surface area contributed by atoms with Crippen LogP contribution in [0.3, 0.4) is 0 Å². The Morgan fingerprint density at radius 2 is 1.50 bits per heavy atom. The van der Waals surface area contributed by atoms with Gasteiger partial charge in [0.15, 0.2) is 0 Å². The third-order valence-corrected chi connectivity index (χ3v) is 6.96. The molecule has 11 heteroatoms. The van der Waals surface area contributed by atoms with Gasteiger partial charge in [0, 0.05) is 23.5 Å². The molecule has 0 aliphatic carbocycles. The van der Waals surface area contributed by atoms with Crippen LogP contribution < -0.4 is 21.7 Å². The number of benzene rings is 2. The minimum absolute atomic E-state index is 0.0358. The zero-order valence-electron chi connectivity index (χ0n) is 22.6. The van der Waals surface area contributed by atoms with Crippen LogP contribution in [0.2, 0.25) is 0 Å². The van der Waals surface area contributed by atoms with E-state index in [0.717, 1.165) is 22.0 Å². The number of para-hydroxylation sites is 1. The van der Waals surface area contributed by atoms with Gasteiger partial charge in [-0.3, -0.25) is 14.4 Å².